The zero-order valence-electron chi connectivity index (χ0n) is 22.2. The summed E-state index contributed by atoms with van der Waals surface area (Å²) in [6.07, 6.45) is 3.90. The Bertz CT molecular complexity index is 1150. The van der Waals surface area contributed by atoms with Gasteiger partial charge in [0.2, 0.25) is 11.8 Å². The minimum atomic E-state index is -0.486. The van der Waals surface area contributed by atoms with E-state index in [1.165, 1.54) is 0 Å². The van der Waals surface area contributed by atoms with Gasteiger partial charge in [-0.15, -0.1) is 0 Å². The van der Waals surface area contributed by atoms with Gasteiger partial charge in [-0.3, -0.25) is 14.5 Å². The molecule has 0 spiro atoms. The van der Waals surface area contributed by atoms with Crippen LogP contribution in [0, 0.1) is 5.92 Å². The van der Waals surface area contributed by atoms with Crippen molar-refractivity contribution in [3.05, 3.63) is 75.8 Å². The van der Waals surface area contributed by atoms with Crippen molar-refractivity contribution >= 4 is 40.7 Å². The average Bonchev–Trinajstić information content (AvgIpc) is 2.91. The quantitative estimate of drug-likeness (QED) is 0.383. The van der Waals surface area contributed by atoms with E-state index >= 15 is 0 Å². The van der Waals surface area contributed by atoms with Crippen molar-refractivity contribution in [3.63, 3.8) is 0 Å². The first-order chi connectivity index (χ1) is 18.4. The molecule has 0 bridgehead atoms. The summed E-state index contributed by atoms with van der Waals surface area (Å²) in [5, 5.41) is 4.24. The summed E-state index contributed by atoms with van der Waals surface area (Å²) in [5.41, 5.74) is 2.63. The van der Waals surface area contributed by atoms with Gasteiger partial charge in [-0.05, 0) is 55.7 Å². The number of nitrogens with zero attached hydrogens (tertiary/aromatic N) is 2. The molecule has 1 N–H and O–H groups in total. The molecular weight excluding hydrogens is 521 g/mol. The number of allylic oxidation sites excluding steroid dienone is 1. The third kappa shape index (κ3) is 6.97. The van der Waals surface area contributed by atoms with E-state index in [9.17, 15) is 9.59 Å². The lowest BCUT2D eigenvalue weighted by atomic mass is 9.72. The summed E-state index contributed by atoms with van der Waals surface area (Å²) in [7, 11) is 0. The normalized spacial score (nSPS) is 22.9. The number of carbonyl (C=O) groups excluding carboxylic acids is 2. The number of rotatable bonds is 9. The minimum Gasteiger partial charge on any atom is -0.379 e. The molecule has 8 heteroatoms. The first kappa shape index (κ1) is 28.6. The standard InChI is InChI=1S/C30H37Cl2N3O3/c1-3-21(4-2)29-28(30(37)33-25-11-6-10-24(32)19-25)26(22-8-5-9-23(31)18-22)20-27(36)35(29)13-7-12-34-14-16-38-17-15-34/h3,5-6,8-11,18-19,26,28-29H,4,7,12-17,20H2,1-2H3,(H,33,37)/b21-3+/t26-,28-,29+/m0/s1. The summed E-state index contributed by atoms with van der Waals surface area (Å²) in [5.74, 6) is -0.843. The maximum Gasteiger partial charge on any atom is 0.230 e. The van der Waals surface area contributed by atoms with Crippen LogP contribution in [0.25, 0.3) is 0 Å². The fourth-order valence-electron chi connectivity index (χ4n) is 5.75. The SMILES string of the molecule is C/C=C(\CC)[C@@H]1[C@@H](C(=O)Nc2cccc(Cl)c2)[C@H](c2cccc(Cl)c2)CC(=O)N1CCCN1CCOCC1. The largest absolute Gasteiger partial charge is 0.379 e. The van der Waals surface area contributed by atoms with Gasteiger partial charge in [-0.2, -0.15) is 0 Å². The molecule has 204 valence electrons. The number of ether oxygens (including phenoxy) is 1. The van der Waals surface area contributed by atoms with Gasteiger partial charge < -0.3 is 15.0 Å². The Kier molecular flexibility index (Phi) is 10.3. The zero-order chi connectivity index (χ0) is 27.1. The van der Waals surface area contributed by atoms with Crippen LogP contribution in [0.2, 0.25) is 10.0 Å². The molecule has 0 saturated carbocycles. The number of nitrogens with one attached hydrogen (secondary N) is 1. The number of likely N-dealkylation sites (tertiary alicyclic amines) is 1. The van der Waals surface area contributed by atoms with E-state index in [4.69, 9.17) is 27.9 Å². The van der Waals surface area contributed by atoms with Crippen molar-refractivity contribution in [3.8, 4) is 0 Å². The lowest BCUT2D eigenvalue weighted by Crippen LogP contribution is -2.56. The summed E-state index contributed by atoms with van der Waals surface area (Å²) in [6.45, 7) is 8.89. The average molecular weight is 559 g/mol. The summed E-state index contributed by atoms with van der Waals surface area (Å²) in [6, 6.07) is 14.4. The van der Waals surface area contributed by atoms with Crippen LogP contribution in [0.5, 0.6) is 0 Å². The van der Waals surface area contributed by atoms with E-state index in [2.05, 4.69) is 23.2 Å². The minimum absolute atomic E-state index is 0.0709. The fraction of sp³-hybridized carbons (Fsp3) is 0.467. The Balaban J connectivity index is 1.67. The van der Waals surface area contributed by atoms with Gasteiger partial charge in [0.1, 0.15) is 0 Å². The van der Waals surface area contributed by atoms with Gasteiger partial charge in [0.15, 0.2) is 0 Å². The molecule has 2 aromatic rings. The van der Waals surface area contributed by atoms with Crippen LogP contribution < -0.4 is 5.32 Å². The number of amides is 2. The monoisotopic (exact) mass is 557 g/mol. The maximum absolute atomic E-state index is 14.1. The molecule has 38 heavy (non-hydrogen) atoms. The number of hydrogen-bond donors (Lipinski definition) is 1. The Labute approximate surface area is 235 Å². The highest BCUT2D eigenvalue weighted by Gasteiger charge is 2.47. The highest BCUT2D eigenvalue weighted by atomic mass is 35.5. The summed E-state index contributed by atoms with van der Waals surface area (Å²) in [4.78, 5) is 32.2. The summed E-state index contributed by atoms with van der Waals surface area (Å²) >= 11 is 12.6. The van der Waals surface area contributed by atoms with Gasteiger partial charge in [0.05, 0.1) is 25.2 Å². The molecule has 2 aliphatic heterocycles. The van der Waals surface area contributed by atoms with E-state index in [-0.39, 0.29) is 30.2 Å². The lowest BCUT2D eigenvalue weighted by molar-refractivity contribution is -0.141. The van der Waals surface area contributed by atoms with Gasteiger partial charge in [-0.25, -0.2) is 0 Å². The van der Waals surface area contributed by atoms with Crippen LogP contribution in [0.15, 0.2) is 60.2 Å². The van der Waals surface area contributed by atoms with E-state index in [0.29, 0.717) is 22.3 Å². The molecule has 0 aromatic heterocycles. The molecule has 2 aliphatic rings. The Morgan fingerprint density at radius 3 is 2.45 bits per heavy atom. The van der Waals surface area contributed by atoms with Gasteiger partial charge in [0.25, 0.3) is 0 Å². The molecule has 2 heterocycles. The van der Waals surface area contributed by atoms with Crippen molar-refractivity contribution < 1.29 is 14.3 Å². The number of anilines is 1. The molecule has 0 aliphatic carbocycles. The second-order valence-electron chi connectivity index (χ2n) is 9.95. The summed E-state index contributed by atoms with van der Waals surface area (Å²) < 4.78 is 5.47. The van der Waals surface area contributed by atoms with E-state index in [0.717, 1.165) is 56.8 Å². The van der Waals surface area contributed by atoms with Crippen LogP contribution in [-0.2, 0) is 14.3 Å². The molecule has 3 atom stereocenters. The van der Waals surface area contributed by atoms with E-state index in [1.807, 2.05) is 48.2 Å². The highest BCUT2D eigenvalue weighted by Crippen LogP contribution is 2.42. The predicted octanol–water partition coefficient (Wildman–Crippen LogP) is 6.01. The van der Waals surface area contributed by atoms with Gasteiger partial charge >= 0.3 is 0 Å². The molecule has 4 rings (SSSR count). The second-order valence-corrected chi connectivity index (χ2v) is 10.8. The topological polar surface area (TPSA) is 61.9 Å². The smallest absolute Gasteiger partial charge is 0.230 e. The van der Waals surface area contributed by atoms with Crippen LogP contribution in [0.4, 0.5) is 5.69 Å². The van der Waals surface area contributed by atoms with Crippen molar-refractivity contribution in [1.29, 1.82) is 0 Å². The zero-order valence-corrected chi connectivity index (χ0v) is 23.7. The number of piperidine rings is 1. The Morgan fingerprint density at radius 2 is 1.79 bits per heavy atom. The number of benzene rings is 2. The van der Waals surface area contributed by atoms with Crippen LogP contribution in [-0.4, -0.2) is 67.0 Å². The van der Waals surface area contributed by atoms with Crippen LogP contribution >= 0.6 is 23.2 Å². The van der Waals surface area contributed by atoms with E-state index in [1.54, 1.807) is 12.1 Å². The maximum atomic E-state index is 14.1. The molecular formula is C30H37Cl2N3O3. The molecule has 2 fully saturated rings. The third-order valence-corrected chi connectivity index (χ3v) is 8.10. The third-order valence-electron chi connectivity index (χ3n) is 7.63. The van der Waals surface area contributed by atoms with Crippen molar-refractivity contribution in [1.82, 2.24) is 9.80 Å². The molecule has 6 nitrogen and oxygen atoms in total. The van der Waals surface area contributed by atoms with Crippen LogP contribution in [0.3, 0.4) is 0 Å². The van der Waals surface area contributed by atoms with Gasteiger partial charge in [-0.1, -0.05) is 60.0 Å². The highest BCUT2D eigenvalue weighted by molar-refractivity contribution is 6.31. The molecule has 2 saturated heterocycles. The van der Waals surface area contributed by atoms with Crippen LogP contribution in [0.1, 0.15) is 44.6 Å². The number of halogens is 2. The molecule has 0 radical (unpaired) electrons. The number of morpholine rings is 1. The molecule has 2 aromatic carbocycles. The molecule has 0 unspecified atom stereocenters. The van der Waals surface area contributed by atoms with Gasteiger partial charge in [0, 0.05) is 54.3 Å². The Hall–Kier alpha value is -2.38. The predicted molar refractivity (Wildman–Crippen MR) is 154 cm³/mol. The van der Waals surface area contributed by atoms with Crippen molar-refractivity contribution in [2.45, 2.75) is 45.1 Å². The first-order valence-corrected chi connectivity index (χ1v) is 14.2. The van der Waals surface area contributed by atoms with E-state index < -0.39 is 5.92 Å². The number of carbonyl (C=O) groups is 2. The van der Waals surface area contributed by atoms with Crippen molar-refractivity contribution in [2.24, 2.45) is 5.92 Å². The van der Waals surface area contributed by atoms with Crippen molar-refractivity contribution in [2.75, 3.05) is 44.7 Å². The second kappa shape index (κ2) is 13.6. The lowest BCUT2D eigenvalue weighted by Gasteiger charge is -2.46. The fourth-order valence-corrected chi connectivity index (χ4v) is 6.14. The number of hydrogen-bond acceptors (Lipinski definition) is 4. The first-order valence-electron chi connectivity index (χ1n) is 13.5. The Morgan fingerprint density at radius 1 is 1.08 bits per heavy atom. The molecule has 2 amide bonds.